The first-order valence-electron chi connectivity index (χ1n) is 6.43. The van der Waals surface area contributed by atoms with Gasteiger partial charge in [-0.3, -0.25) is 4.57 Å². The van der Waals surface area contributed by atoms with Crippen LogP contribution in [0.15, 0.2) is 35.7 Å². The lowest BCUT2D eigenvalue weighted by atomic mass is 10.1. The lowest BCUT2D eigenvalue weighted by Crippen LogP contribution is -1.97. The molecule has 1 aromatic carbocycles. The Morgan fingerprint density at radius 3 is 2.40 bits per heavy atom. The van der Waals surface area contributed by atoms with Crippen molar-refractivity contribution in [3.8, 4) is 16.4 Å². The smallest absolute Gasteiger partial charge is 0.194 e. The summed E-state index contributed by atoms with van der Waals surface area (Å²) in [4.78, 5) is 4.63. The largest absolute Gasteiger partial charge is 0.295 e. The SMILES string of the molecule is Cc1ccc(-c2csc(-n3c(C)ccc3C)n2)cc1F. The minimum atomic E-state index is -0.189. The third-order valence-electron chi connectivity index (χ3n) is 3.42. The molecule has 0 unspecified atom stereocenters. The quantitative estimate of drug-likeness (QED) is 0.669. The van der Waals surface area contributed by atoms with E-state index < -0.39 is 0 Å². The van der Waals surface area contributed by atoms with E-state index in [4.69, 9.17) is 0 Å². The molecule has 0 saturated carbocycles. The summed E-state index contributed by atoms with van der Waals surface area (Å²) >= 11 is 1.57. The van der Waals surface area contributed by atoms with Crippen LogP contribution in [0.4, 0.5) is 4.39 Å². The highest BCUT2D eigenvalue weighted by molar-refractivity contribution is 7.12. The lowest BCUT2D eigenvalue weighted by Gasteiger charge is -2.04. The van der Waals surface area contributed by atoms with E-state index in [0.717, 1.165) is 27.8 Å². The zero-order chi connectivity index (χ0) is 14.3. The number of aromatic nitrogens is 2. The normalized spacial score (nSPS) is 11.0. The second-order valence-electron chi connectivity index (χ2n) is 4.93. The summed E-state index contributed by atoms with van der Waals surface area (Å²) in [5.74, 6) is -0.189. The highest BCUT2D eigenvalue weighted by Crippen LogP contribution is 2.27. The molecule has 0 aliphatic rings. The Labute approximate surface area is 121 Å². The average Bonchev–Trinajstić information content (AvgIpc) is 3.00. The predicted octanol–water partition coefficient (Wildman–Crippen LogP) is 4.67. The first-order chi connectivity index (χ1) is 9.56. The molecule has 0 radical (unpaired) electrons. The molecule has 102 valence electrons. The van der Waals surface area contributed by atoms with E-state index in [1.807, 2.05) is 11.4 Å². The summed E-state index contributed by atoms with van der Waals surface area (Å²) in [6.45, 7) is 5.87. The topological polar surface area (TPSA) is 17.8 Å². The number of hydrogen-bond donors (Lipinski definition) is 0. The summed E-state index contributed by atoms with van der Waals surface area (Å²) in [7, 11) is 0. The van der Waals surface area contributed by atoms with E-state index in [0.29, 0.717) is 5.56 Å². The van der Waals surface area contributed by atoms with E-state index in [1.165, 1.54) is 0 Å². The van der Waals surface area contributed by atoms with Gasteiger partial charge in [-0.2, -0.15) is 0 Å². The standard InChI is InChI=1S/C16H15FN2S/c1-10-4-7-13(8-14(10)17)15-9-20-16(18-15)19-11(2)5-6-12(19)3/h4-9H,1-3H3. The molecule has 2 aromatic heterocycles. The van der Waals surface area contributed by atoms with Crippen molar-refractivity contribution in [2.45, 2.75) is 20.8 Å². The molecule has 0 N–H and O–H groups in total. The van der Waals surface area contributed by atoms with Crippen LogP contribution in [0.5, 0.6) is 0 Å². The Hall–Kier alpha value is -1.94. The first kappa shape index (κ1) is 13.1. The van der Waals surface area contributed by atoms with Crippen LogP contribution in [0.1, 0.15) is 17.0 Å². The number of rotatable bonds is 2. The Morgan fingerprint density at radius 1 is 1.05 bits per heavy atom. The Balaban J connectivity index is 2.04. The van der Waals surface area contributed by atoms with Gasteiger partial charge >= 0.3 is 0 Å². The van der Waals surface area contributed by atoms with Gasteiger partial charge in [0.05, 0.1) is 5.69 Å². The number of benzene rings is 1. The summed E-state index contributed by atoms with van der Waals surface area (Å²) in [5.41, 5.74) is 4.59. The van der Waals surface area contributed by atoms with Gasteiger partial charge in [0.2, 0.25) is 0 Å². The van der Waals surface area contributed by atoms with Crippen LogP contribution >= 0.6 is 11.3 Å². The van der Waals surface area contributed by atoms with Crippen molar-refractivity contribution in [1.82, 2.24) is 9.55 Å². The van der Waals surface area contributed by atoms with Gasteiger partial charge < -0.3 is 0 Å². The number of hydrogen-bond acceptors (Lipinski definition) is 2. The number of halogens is 1. The van der Waals surface area contributed by atoms with Gasteiger partial charge in [0.1, 0.15) is 5.82 Å². The third-order valence-corrected chi connectivity index (χ3v) is 4.25. The van der Waals surface area contributed by atoms with Crippen molar-refractivity contribution in [1.29, 1.82) is 0 Å². The Morgan fingerprint density at radius 2 is 1.75 bits per heavy atom. The molecule has 4 heteroatoms. The minimum absolute atomic E-state index is 0.189. The predicted molar refractivity (Wildman–Crippen MR) is 81.0 cm³/mol. The van der Waals surface area contributed by atoms with Gasteiger partial charge in [0, 0.05) is 22.3 Å². The van der Waals surface area contributed by atoms with E-state index in [2.05, 4.69) is 35.5 Å². The molecule has 2 nitrogen and oxygen atoms in total. The zero-order valence-corrected chi connectivity index (χ0v) is 12.5. The number of thiazole rings is 1. The van der Waals surface area contributed by atoms with Crippen molar-refractivity contribution < 1.29 is 4.39 Å². The van der Waals surface area contributed by atoms with E-state index in [-0.39, 0.29) is 5.82 Å². The van der Waals surface area contributed by atoms with Crippen LogP contribution in [0.3, 0.4) is 0 Å². The summed E-state index contributed by atoms with van der Waals surface area (Å²) < 4.78 is 15.8. The highest BCUT2D eigenvalue weighted by atomic mass is 32.1. The van der Waals surface area contributed by atoms with Gasteiger partial charge in [-0.05, 0) is 44.5 Å². The van der Waals surface area contributed by atoms with Crippen LogP contribution in [0.25, 0.3) is 16.4 Å². The van der Waals surface area contributed by atoms with Gasteiger partial charge in [-0.1, -0.05) is 12.1 Å². The molecule has 0 aliphatic carbocycles. The maximum atomic E-state index is 13.6. The van der Waals surface area contributed by atoms with Gasteiger partial charge in [0.15, 0.2) is 5.13 Å². The zero-order valence-electron chi connectivity index (χ0n) is 11.6. The van der Waals surface area contributed by atoms with Crippen LogP contribution in [-0.2, 0) is 0 Å². The van der Waals surface area contributed by atoms with Crippen LogP contribution in [0, 0.1) is 26.6 Å². The molecule has 0 fully saturated rings. The fourth-order valence-corrected chi connectivity index (χ4v) is 3.17. The molecule has 0 atom stereocenters. The lowest BCUT2D eigenvalue weighted by molar-refractivity contribution is 0.619. The van der Waals surface area contributed by atoms with Crippen molar-refractivity contribution in [3.05, 3.63) is 58.5 Å². The Kier molecular flexibility index (Phi) is 3.18. The van der Waals surface area contributed by atoms with Gasteiger partial charge in [-0.25, -0.2) is 9.37 Å². The van der Waals surface area contributed by atoms with Crippen molar-refractivity contribution in [2.24, 2.45) is 0 Å². The van der Waals surface area contributed by atoms with E-state index in [1.54, 1.807) is 30.4 Å². The van der Waals surface area contributed by atoms with E-state index in [9.17, 15) is 4.39 Å². The molecule has 0 amide bonds. The summed E-state index contributed by atoms with van der Waals surface area (Å²) in [6.07, 6.45) is 0. The maximum absolute atomic E-state index is 13.6. The second-order valence-corrected chi connectivity index (χ2v) is 5.77. The van der Waals surface area contributed by atoms with E-state index >= 15 is 0 Å². The minimum Gasteiger partial charge on any atom is -0.295 e. The van der Waals surface area contributed by atoms with Gasteiger partial charge in [0.25, 0.3) is 0 Å². The highest BCUT2D eigenvalue weighted by Gasteiger charge is 2.10. The molecule has 2 heterocycles. The molecule has 0 saturated heterocycles. The molecule has 0 spiro atoms. The number of aryl methyl sites for hydroxylation is 3. The second kappa shape index (κ2) is 4.87. The average molecular weight is 286 g/mol. The molecule has 0 aliphatic heterocycles. The van der Waals surface area contributed by atoms with Crippen LogP contribution in [0.2, 0.25) is 0 Å². The fraction of sp³-hybridized carbons (Fsp3) is 0.188. The Bertz CT molecular complexity index is 751. The van der Waals surface area contributed by atoms with Crippen molar-refractivity contribution in [3.63, 3.8) is 0 Å². The van der Waals surface area contributed by atoms with Crippen LogP contribution < -0.4 is 0 Å². The van der Waals surface area contributed by atoms with Crippen LogP contribution in [-0.4, -0.2) is 9.55 Å². The molecule has 3 aromatic rings. The van der Waals surface area contributed by atoms with Crippen molar-refractivity contribution in [2.75, 3.05) is 0 Å². The molecule has 20 heavy (non-hydrogen) atoms. The molecule has 0 bridgehead atoms. The molecule has 3 rings (SSSR count). The summed E-state index contributed by atoms with van der Waals surface area (Å²) in [6, 6.07) is 9.38. The third kappa shape index (κ3) is 2.16. The molecular formula is C16H15FN2S. The first-order valence-corrected chi connectivity index (χ1v) is 7.31. The van der Waals surface area contributed by atoms with Gasteiger partial charge in [-0.15, -0.1) is 11.3 Å². The van der Waals surface area contributed by atoms with Crippen molar-refractivity contribution >= 4 is 11.3 Å². The molecular weight excluding hydrogens is 271 g/mol. The fourth-order valence-electron chi connectivity index (χ4n) is 2.22. The summed E-state index contributed by atoms with van der Waals surface area (Å²) in [5, 5.41) is 2.89. The number of nitrogens with zero attached hydrogens (tertiary/aromatic N) is 2. The maximum Gasteiger partial charge on any atom is 0.194 e. The monoisotopic (exact) mass is 286 g/mol.